The van der Waals surface area contributed by atoms with Crippen molar-refractivity contribution in [2.45, 2.75) is 45.8 Å². The summed E-state index contributed by atoms with van der Waals surface area (Å²) in [6.07, 6.45) is 0. The van der Waals surface area contributed by atoms with Gasteiger partial charge in [-0.2, -0.15) is 0 Å². The van der Waals surface area contributed by atoms with Crippen molar-refractivity contribution in [3.05, 3.63) is 35.6 Å². The van der Waals surface area contributed by atoms with Gasteiger partial charge in [-0.25, -0.2) is 4.39 Å². The molecule has 20 heavy (non-hydrogen) atoms. The Bertz CT molecular complexity index is 521. The van der Waals surface area contributed by atoms with Gasteiger partial charge in [0.15, 0.2) is 0 Å². The first-order chi connectivity index (χ1) is 9.14. The van der Waals surface area contributed by atoms with E-state index in [9.17, 15) is 4.39 Å². The molecule has 0 bridgehead atoms. The van der Waals surface area contributed by atoms with Crippen LogP contribution in [-0.2, 0) is 9.31 Å². The molecule has 2 N–H and O–H groups in total. The smallest absolute Gasteiger partial charge is 0.399 e. The maximum absolute atomic E-state index is 14.6. The normalized spacial score (nSPS) is 21.8. The van der Waals surface area contributed by atoms with E-state index in [1.54, 1.807) is 31.2 Å². The molecule has 0 atom stereocenters. The second kappa shape index (κ2) is 4.90. The quantitative estimate of drug-likeness (QED) is 0.663. The molecule has 5 heteroatoms. The van der Waals surface area contributed by atoms with E-state index >= 15 is 0 Å². The van der Waals surface area contributed by atoms with E-state index in [1.807, 2.05) is 27.7 Å². The maximum atomic E-state index is 14.6. The average molecular weight is 277 g/mol. The minimum absolute atomic E-state index is 0.395. The summed E-state index contributed by atoms with van der Waals surface area (Å²) < 4.78 is 26.0. The molecular formula is C15H21BFNO2. The first-order valence-corrected chi connectivity index (χ1v) is 6.72. The first kappa shape index (κ1) is 15.1. The highest BCUT2D eigenvalue weighted by Crippen LogP contribution is 2.40. The highest BCUT2D eigenvalue weighted by atomic mass is 19.1. The molecule has 108 valence electrons. The van der Waals surface area contributed by atoms with Crippen molar-refractivity contribution in [2.75, 3.05) is 5.73 Å². The summed E-state index contributed by atoms with van der Waals surface area (Å²) in [7, 11) is -0.961. The molecule has 1 heterocycles. The van der Waals surface area contributed by atoms with Crippen LogP contribution in [0.3, 0.4) is 0 Å². The van der Waals surface area contributed by atoms with Gasteiger partial charge in [0.2, 0.25) is 0 Å². The van der Waals surface area contributed by atoms with Gasteiger partial charge in [0, 0.05) is 5.69 Å². The summed E-state index contributed by atoms with van der Waals surface area (Å²) in [5.41, 5.74) is 6.08. The standard InChI is InChI=1S/C15H21BFNO2/c1-10(11-6-8-12(18)9-7-11)13(17)16-19-14(2,3)15(4,5)20-16/h6-9H,18H2,1-5H3. The predicted octanol–water partition coefficient (Wildman–Crippen LogP) is 3.60. The lowest BCUT2D eigenvalue weighted by Crippen LogP contribution is -2.41. The number of anilines is 1. The molecule has 1 aromatic rings. The Hall–Kier alpha value is -1.33. The van der Waals surface area contributed by atoms with Crippen LogP contribution in [0.5, 0.6) is 0 Å². The van der Waals surface area contributed by atoms with Crippen LogP contribution in [0.4, 0.5) is 10.1 Å². The maximum Gasteiger partial charge on any atom is 0.525 e. The molecule has 1 fully saturated rings. The van der Waals surface area contributed by atoms with E-state index in [0.717, 1.165) is 5.56 Å². The molecule has 1 saturated heterocycles. The van der Waals surface area contributed by atoms with Crippen molar-refractivity contribution in [3.8, 4) is 0 Å². The van der Waals surface area contributed by atoms with Crippen LogP contribution in [0.25, 0.3) is 5.57 Å². The largest absolute Gasteiger partial charge is 0.525 e. The van der Waals surface area contributed by atoms with E-state index in [0.29, 0.717) is 11.3 Å². The Morgan fingerprint density at radius 3 is 1.95 bits per heavy atom. The fourth-order valence-electron chi connectivity index (χ4n) is 1.99. The van der Waals surface area contributed by atoms with E-state index in [-0.39, 0.29) is 0 Å². The average Bonchev–Trinajstić information content (AvgIpc) is 2.57. The monoisotopic (exact) mass is 277 g/mol. The first-order valence-electron chi connectivity index (χ1n) is 6.72. The summed E-state index contributed by atoms with van der Waals surface area (Å²) in [4.78, 5) is 0. The number of nitrogens with two attached hydrogens (primary N) is 1. The molecule has 1 aliphatic rings. The van der Waals surface area contributed by atoms with Gasteiger partial charge in [-0.05, 0) is 57.9 Å². The lowest BCUT2D eigenvalue weighted by molar-refractivity contribution is 0.00578. The van der Waals surface area contributed by atoms with Crippen molar-refractivity contribution >= 4 is 18.4 Å². The van der Waals surface area contributed by atoms with Crippen LogP contribution in [0.2, 0.25) is 0 Å². The molecular weight excluding hydrogens is 256 g/mol. The highest BCUT2D eigenvalue weighted by molar-refractivity contribution is 6.55. The number of hydrogen-bond donors (Lipinski definition) is 1. The third-order valence-corrected chi connectivity index (χ3v) is 4.16. The van der Waals surface area contributed by atoms with Gasteiger partial charge in [-0.15, -0.1) is 0 Å². The molecule has 1 aromatic carbocycles. The Kier molecular flexibility index (Phi) is 3.69. The van der Waals surface area contributed by atoms with Gasteiger partial charge < -0.3 is 15.0 Å². The summed E-state index contributed by atoms with van der Waals surface area (Å²) in [6, 6.07) is 7.07. The van der Waals surface area contributed by atoms with Crippen molar-refractivity contribution in [1.82, 2.24) is 0 Å². The molecule has 0 spiro atoms. The van der Waals surface area contributed by atoms with E-state index < -0.39 is 24.0 Å². The third kappa shape index (κ3) is 2.60. The van der Waals surface area contributed by atoms with Gasteiger partial charge in [0.25, 0.3) is 0 Å². The molecule has 1 aliphatic heterocycles. The lowest BCUT2D eigenvalue weighted by Gasteiger charge is -2.32. The zero-order valence-electron chi connectivity index (χ0n) is 12.7. The van der Waals surface area contributed by atoms with Crippen molar-refractivity contribution in [1.29, 1.82) is 0 Å². The fourth-order valence-corrected chi connectivity index (χ4v) is 1.99. The summed E-state index contributed by atoms with van der Waals surface area (Å²) in [5, 5.41) is 0. The van der Waals surface area contributed by atoms with Crippen molar-refractivity contribution < 1.29 is 13.7 Å². The molecule has 0 radical (unpaired) electrons. The Balaban J connectivity index is 2.29. The van der Waals surface area contributed by atoms with Crippen molar-refractivity contribution in [2.24, 2.45) is 0 Å². The summed E-state index contributed by atoms with van der Waals surface area (Å²) >= 11 is 0. The van der Waals surface area contributed by atoms with Gasteiger partial charge >= 0.3 is 7.12 Å². The zero-order chi connectivity index (χ0) is 15.1. The number of benzene rings is 1. The highest BCUT2D eigenvalue weighted by Gasteiger charge is 2.53. The van der Waals surface area contributed by atoms with Crippen molar-refractivity contribution in [3.63, 3.8) is 0 Å². The van der Waals surface area contributed by atoms with E-state index in [2.05, 4.69) is 0 Å². The Labute approximate surface area is 120 Å². The second-order valence-electron chi connectivity index (χ2n) is 6.18. The summed E-state index contributed by atoms with van der Waals surface area (Å²) in [6.45, 7) is 9.32. The van der Waals surface area contributed by atoms with Crippen LogP contribution in [-0.4, -0.2) is 18.3 Å². The van der Waals surface area contributed by atoms with Crippen LogP contribution in [0, 0.1) is 0 Å². The molecule has 3 nitrogen and oxygen atoms in total. The van der Waals surface area contributed by atoms with Gasteiger partial charge in [0.05, 0.1) is 11.2 Å². The number of halogens is 1. The van der Waals surface area contributed by atoms with E-state index in [4.69, 9.17) is 15.0 Å². The van der Waals surface area contributed by atoms with Gasteiger partial charge in [0.1, 0.15) is 5.73 Å². The Morgan fingerprint density at radius 1 is 1.05 bits per heavy atom. The van der Waals surface area contributed by atoms with Crippen LogP contribution in [0.15, 0.2) is 30.0 Å². The minimum Gasteiger partial charge on any atom is -0.399 e. The zero-order valence-corrected chi connectivity index (χ0v) is 12.7. The number of allylic oxidation sites excluding steroid dienone is 1. The molecule has 0 unspecified atom stereocenters. The van der Waals surface area contributed by atoms with Crippen LogP contribution >= 0.6 is 0 Å². The Morgan fingerprint density at radius 2 is 1.50 bits per heavy atom. The molecule has 0 amide bonds. The van der Waals surface area contributed by atoms with Gasteiger partial charge in [-0.1, -0.05) is 12.1 Å². The molecule has 2 rings (SSSR count). The number of rotatable bonds is 2. The topological polar surface area (TPSA) is 44.5 Å². The van der Waals surface area contributed by atoms with Gasteiger partial charge in [-0.3, -0.25) is 0 Å². The third-order valence-electron chi connectivity index (χ3n) is 4.16. The lowest BCUT2D eigenvalue weighted by atomic mass is 9.83. The number of hydrogen-bond acceptors (Lipinski definition) is 3. The molecule has 0 aliphatic carbocycles. The molecule has 0 saturated carbocycles. The predicted molar refractivity (Wildman–Crippen MR) is 80.6 cm³/mol. The molecule has 0 aromatic heterocycles. The van der Waals surface area contributed by atoms with Crippen LogP contribution in [0.1, 0.15) is 40.2 Å². The van der Waals surface area contributed by atoms with E-state index in [1.165, 1.54) is 0 Å². The number of nitrogen functional groups attached to an aromatic ring is 1. The summed E-state index contributed by atoms with van der Waals surface area (Å²) in [5.74, 6) is 0. The SMILES string of the molecule is CC(=C(F)B1OC(C)(C)C(C)(C)O1)c1ccc(N)cc1. The fraction of sp³-hybridized carbons (Fsp3) is 0.467. The second-order valence-corrected chi connectivity index (χ2v) is 6.18. The van der Waals surface area contributed by atoms with Crippen LogP contribution < -0.4 is 5.73 Å². The minimum atomic E-state index is -0.961.